The number of para-hydroxylation sites is 1. The van der Waals surface area contributed by atoms with Crippen LogP contribution < -0.4 is 4.90 Å². The van der Waals surface area contributed by atoms with Gasteiger partial charge < -0.3 is 14.2 Å². The van der Waals surface area contributed by atoms with Gasteiger partial charge in [-0.05, 0) is 35.9 Å². The maximum Gasteiger partial charge on any atom is 0.291 e. The van der Waals surface area contributed by atoms with Gasteiger partial charge in [-0.25, -0.2) is 8.78 Å². The van der Waals surface area contributed by atoms with Crippen LogP contribution in [0.25, 0.3) is 0 Å². The predicted octanol–water partition coefficient (Wildman–Crippen LogP) is 4.15. The quantitative estimate of drug-likeness (QED) is 0.632. The zero-order valence-electron chi connectivity index (χ0n) is 15.7. The fourth-order valence-corrected chi connectivity index (χ4v) is 5.54. The lowest BCUT2D eigenvalue weighted by Gasteiger charge is -2.32. The van der Waals surface area contributed by atoms with E-state index in [4.69, 9.17) is 4.42 Å². The van der Waals surface area contributed by atoms with E-state index >= 15 is 0 Å². The fraction of sp³-hybridized carbons (Fsp3) is 0.182. The van der Waals surface area contributed by atoms with Crippen LogP contribution in [0.4, 0.5) is 14.5 Å². The van der Waals surface area contributed by atoms with Crippen LogP contribution in [0.1, 0.15) is 21.7 Å². The fourth-order valence-electron chi connectivity index (χ4n) is 4.08. The molecule has 0 radical (unpaired) electrons. The number of anilines is 1. The van der Waals surface area contributed by atoms with Gasteiger partial charge in [0.25, 0.3) is 11.8 Å². The molecule has 5 nitrogen and oxygen atoms in total. The minimum absolute atomic E-state index is 0.0676. The molecule has 1 spiro atoms. The van der Waals surface area contributed by atoms with Gasteiger partial charge in [-0.1, -0.05) is 24.3 Å². The van der Waals surface area contributed by atoms with E-state index in [2.05, 4.69) is 0 Å². The molecule has 0 saturated carbocycles. The maximum absolute atomic E-state index is 13.7. The van der Waals surface area contributed by atoms with E-state index in [1.807, 2.05) is 18.2 Å². The molecule has 152 valence electrons. The van der Waals surface area contributed by atoms with Crippen molar-refractivity contribution >= 4 is 29.3 Å². The molecule has 2 amide bonds. The molecular formula is C22H16F2N2O3S. The van der Waals surface area contributed by atoms with Gasteiger partial charge in [0, 0.05) is 17.9 Å². The Morgan fingerprint density at radius 1 is 1.10 bits per heavy atom. The number of nitrogens with zero attached hydrogens (tertiary/aromatic N) is 2. The highest BCUT2D eigenvalue weighted by atomic mass is 32.2. The molecule has 1 saturated heterocycles. The lowest BCUT2D eigenvalue weighted by atomic mass is 10.1. The molecule has 30 heavy (non-hydrogen) atoms. The Balaban J connectivity index is 1.57. The molecule has 0 unspecified atom stereocenters. The summed E-state index contributed by atoms with van der Waals surface area (Å²) in [7, 11) is 0. The summed E-state index contributed by atoms with van der Waals surface area (Å²) >= 11 is 1.39. The smallest absolute Gasteiger partial charge is 0.291 e. The number of amides is 2. The molecule has 2 aromatic carbocycles. The Kier molecular flexibility index (Phi) is 4.39. The maximum atomic E-state index is 13.7. The van der Waals surface area contributed by atoms with Crippen molar-refractivity contribution in [1.29, 1.82) is 0 Å². The standard InChI is InChI=1S/C22H16F2N2O3S/c23-16-8-7-14(12-17(16)24)13-25-18-5-2-1-4-15(18)22(21(25)28)26(9-11-30-22)20(27)19-6-3-10-29-19/h1-8,10,12H,9,11,13H2/t22-/m1/s1. The third kappa shape index (κ3) is 2.67. The van der Waals surface area contributed by atoms with Crippen molar-refractivity contribution in [1.82, 2.24) is 4.90 Å². The van der Waals surface area contributed by atoms with E-state index in [1.165, 1.54) is 29.0 Å². The van der Waals surface area contributed by atoms with Crippen molar-refractivity contribution in [3.8, 4) is 0 Å². The SMILES string of the molecule is O=C(c1ccco1)N1CCS[C@]12C(=O)N(Cc1ccc(F)c(F)c1)c1ccccc12. The van der Waals surface area contributed by atoms with Crippen LogP contribution in [-0.2, 0) is 16.2 Å². The van der Waals surface area contributed by atoms with Crippen molar-refractivity contribution in [3.63, 3.8) is 0 Å². The monoisotopic (exact) mass is 426 g/mol. The van der Waals surface area contributed by atoms with Crippen molar-refractivity contribution < 1.29 is 22.8 Å². The lowest BCUT2D eigenvalue weighted by Crippen LogP contribution is -2.50. The average Bonchev–Trinajstić information content (AvgIpc) is 3.48. The molecule has 0 aliphatic carbocycles. The topological polar surface area (TPSA) is 53.8 Å². The highest BCUT2D eigenvalue weighted by Gasteiger charge is 2.59. The zero-order valence-corrected chi connectivity index (χ0v) is 16.5. The molecule has 3 heterocycles. The van der Waals surface area contributed by atoms with Crippen molar-refractivity contribution in [2.75, 3.05) is 17.2 Å². The summed E-state index contributed by atoms with van der Waals surface area (Å²) in [6.45, 7) is 0.460. The van der Waals surface area contributed by atoms with E-state index in [9.17, 15) is 18.4 Å². The largest absolute Gasteiger partial charge is 0.459 e. The summed E-state index contributed by atoms with van der Waals surface area (Å²) in [5.41, 5.74) is 1.82. The first kappa shape index (κ1) is 18.9. The zero-order chi connectivity index (χ0) is 20.9. The number of hydrogen-bond donors (Lipinski definition) is 0. The van der Waals surface area contributed by atoms with Crippen molar-refractivity contribution in [3.05, 3.63) is 89.4 Å². The number of rotatable bonds is 3. The Morgan fingerprint density at radius 3 is 2.70 bits per heavy atom. The third-order valence-corrected chi connectivity index (χ3v) is 6.82. The van der Waals surface area contributed by atoms with Crippen LogP contribution in [0, 0.1) is 11.6 Å². The second-order valence-electron chi connectivity index (χ2n) is 7.08. The number of carbonyl (C=O) groups excluding carboxylic acids is 2. The number of carbonyl (C=O) groups is 2. The van der Waals surface area contributed by atoms with Gasteiger partial charge in [0.05, 0.1) is 18.5 Å². The summed E-state index contributed by atoms with van der Waals surface area (Å²) in [4.78, 5) is 28.7. The molecule has 1 fully saturated rings. The van der Waals surface area contributed by atoms with Crippen LogP contribution in [0.5, 0.6) is 0 Å². The van der Waals surface area contributed by atoms with Crippen molar-refractivity contribution in [2.24, 2.45) is 0 Å². The van der Waals surface area contributed by atoms with E-state index in [0.717, 1.165) is 12.1 Å². The van der Waals surface area contributed by atoms with Gasteiger partial charge >= 0.3 is 0 Å². The van der Waals surface area contributed by atoms with Crippen LogP contribution in [0.3, 0.4) is 0 Å². The van der Waals surface area contributed by atoms with E-state index < -0.39 is 16.5 Å². The van der Waals surface area contributed by atoms with Gasteiger partial charge in [0.15, 0.2) is 22.3 Å². The first-order valence-corrected chi connectivity index (χ1v) is 10.4. The van der Waals surface area contributed by atoms with Crippen LogP contribution in [-0.4, -0.2) is 29.0 Å². The van der Waals surface area contributed by atoms with Gasteiger partial charge in [-0.2, -0.15) is 0 Å². The summed E-state index contributed by atoms with van der Waals surface area (Å²) < 4.78 is 32.3. The number of thioether (sulfide) groups is 1. The molecule has 1 aromatic heterocycles. The average molecular weight is 426 g/mol. The first-order valence-electron chi connectivity index (χ1n) is 9.37. The van der Waals surface area contributed by atoms with Crippen LogP contribution in [0.15, 0.2) is 65.3 Å². The summed E-state index contributed by atoms with van der Waals surface area (Å²) in [6, 6.07) is 14.0. The second kappa shape index (κ2) is 6.98. The normalized spacial score (nSPS) is 20.3. The Labute approximate surface area is 175 Å². The number of fused-ring (bicyclic) bond motifs is 2. The lowest BCUT2D eigenvalue weighted by molar-refractivity contribution is -0.123. The Morgan fingerprint density at radius 2 is 1.93 bits per heavy atom. The molecule has 8 heteroatoms. The first-order chi connectivity index (χ1) is 14.5. The van der Waals surface area contributed by atoms with E-state index in [-0.39, 0.29) is 24.1 Å². The molecular weight excluding hydrogens is 410 g/mol. The predicted molar refractivity (Wildman–Crippen MR) is 108 cm³/mol. The van der Waals surface area contributed by atoms with Crippen molar-refractivity contribution in [2.45, 2.75) is 11.4 Å². The number of furan rings is 1. The minimum atomic E-state index is -1.21. The highest BCUT2D eigenvalue weighted by molar-refractivity contribution is 8.01. The van der Waals surface area contributed by atoms with Crippen LogP contribution in [0.2, 0.25) is 0 Å². The molecule has 5 rings (SSSR count). The molecule has 2 aliphatic heterocycles. The van der Waals surface area contributed by atoms with Gasteiger partial charge in [0.1, 0.15) is 0 Å². The number of hydrogen-bond acceptors (Lipinski definition) is 4. The van der Waals surface area contributed by atoms with E-state index in [0.29, 0.717) is 29.1 Å². The summed E-state index contributed by atoms with van der Waals surface area (Å²) in [5, 5.41) is 0. The third-order valence-electron chi connectivity index (χ3n) is 5.40. The van der Waals surface area contributed by atoms with Gasteiger partial charge in [0.2, 0.25) is 0 Å². The number of halogens is 2. The Bertz CT molecular complexity index is 1150. The summed E-state index contributed by atoms with van der Waals surface area (Å²) in [5.74, 6) is -1.79. The van der Waals surface area contributed by atoms with Crippen LogP contribution >= 0.6 is 11.8 Å². The molecule has 2 aliphatic rings. The molecule has 0 bridgehead atoms. The van der Waals surface area contributed by atoms with Gasteiger partial charge in [-0.3, -0.25) is 9.59 Å². The molecule has 1 atom stereocenters. The highest BCUT2D eigenvalue weighted by Crippen LogP contribution is 2.54. The summed E-state index contributed by atoms with van der Waals surface area (Å²) in [6.07, 6.45) is 1.42. The van der Waals surface area contributed by atoms with Gasteiger partial charge in [-0.15, -0.1) is 11.8 Å². The minimum Gasteiger partial charge on any atom is -0.459 e. The second-order valence-corrected chi connectivity index (χ2v) is 8.37. The van der Waals surface area contributed by atoms with E-state index in [1.54, 1.807) is 23.1 Å². The Hall–Kier alpha value is -3.13. The number of benzene rings is 2. The molecule has 3 aromatic rings. The molecule has 0 N–H and O–H groups in total.